The Balaban J connectivity index is 0.000000700. The molecule has 206 valence electrons. The Morgan fingerprint density at radius 3 is 1.85 bits per heavy atom. The molecule has 0 saturated carbocycles. The number of carboxylic acids is 1. The lowest BCUT2D eigenvalue weighted by molar-refractivity contribution is 0.0697. The van der Waals surface area contributed by atoms with Gasteiger partial charge in [-0.05, 0) is 90.2 Å². The number of hydrogen-bond acceptors (Lipinski definition) is 2. The van der Waals surface area contributed by atoms with Gasteiger partial charge in [0.2, 0.25) is 0 Å². The third-order valence-corrected chi connectivity index (χ3v) is 5.92. The van der Waals surface area contributed by atoms with Crippen molar-refractivity contribution < 1.29 is 14.6 Å². The summed E-state index contributed by atoms with van der Waals surface area (Å²) in [6.07, 6.45) is 3.44. The quantitative estimate of drug-likeness (QED) is 0.290. The molecule has 0 spiro atoms. The number of hydrogen-bond donors (Lipinski definition) is 1. The van der Waals surface area contributed by atoms with Crippen LogP contribution in [0.1, 0.15) is 88.9 Å². The highest BCUT2D eigenvalue weighted by atomic mass is 16.5. The van der Waals surface area contributed by atoms with Crippen molar-refractivity contribution in [1.82, 2.24) is 0 Å². The van der Waals surface area contributed by atoms with E-state index in [4.69, 9.17) is 9.84 Å². The van der Waals surface area contributed by atoms with Crippen molar-refractivity contribution in [2.45, 2.75) is 74.3 Å². The predicted octanol–water partition coefficient (Wildman–Crippen LogP) is 10.6. The number of fused-ring (bicyclic) bond motifs is 2. The minimum Gasteiger partial charge on any atom is -0.483 e. The van der Waals surface area contributed by atoms with Crippen LogP contribution in [0.4, 0.5) is 0 Å². The molecule has 0 aliphatic carbocycles. The predicted molar refractivity (Wildman–Crippen MR) is 168 cm³/mol. The van der Waals surface area contributed by atoms with E-state index in [0.29, 0.717) is 0 Å². The average molecular weight is 525 g/mol. The molecule has 39 heavy (non-hydrogen) atoms. The molecule has 0 atom stereocenters. The molecule has 1 aliphatic heterocycles. The van der Waals surface area contributed by atoms with Crippen LogP contribution in [0, 0.1) is 6.92 Å². The fourth-order valence-corrected chi connectivity index (χ4v) is 4.27. The smallest absolute Gasteiger partial charge is 0.335 e. The molecule has 1 aliphatic rings. The van der Waals surface area contributed by atoms with Crippen LogP contribution in [0.15, 0.2) is 84.9 Å². The van der Waals surface area contributed by atoms with E-state index < -0.39 is 11.6 Å². The van der Waals surface area contributed by atoms with E-state index in [9.17, 15) is 4.79 Å². The third-order valence-electron chi connectivity index (χ3n) is 5.92. The number of carbonyl (C=O) groups is 1. The summed E-state index contributed by atoms with van der Waals surface area (Å²) in [5, 5.41) is 11.4. The summed E-state index contributed by atoms with van der Waals surface area (Å²) in [4.78, 5) is 11.2. The first-order valence-corrected chi connectivity index (χ1v) is 14.1. The maximum atomic E-state index is 11.2. The van der Waals surface area contributed by atoms with E-state index in [-0.39, 0.29) is 5.56 Å². The van der Waals surface area contributed by atoms with Gasteiger partial charge in [0.25, 0.3) is 0 Å². The highest BCUT2D eigenvalue weighted by Crippen LogP contribution is 2.42. The van der Waals surface area contributed by atoms with Crippen LogP contribution in [0.5, 0.6) is 5.75 Å². The Hall–Kier alpha value is -3.85. The Labute approximate surface area is 235 Å². The summed E-state index contributed by atoms with van der Waals surface area (Å²) < 4.78 is 6.32. The second-order valence-electron chi connectivity index (χ2n) is 9.63. The molecular weight excluding hydrogens is 480 g/mol. The van der Waals surface area contributed by atoms with Gasteiger partial charge in [0.05, 0.1) is 5.56 Å². The molecule has 4 aromatic carbocycles. The SMILES string of the molecule is CC.CC.CCC.Cc1ccc(C2=CC(C)(C)Oc3cc4ccc(-c5ccc(C(=O)O)cc5)cc4cc32)cc1. The summed E-state index contributed by atoms with van der Waals surface area (Å²) in [7, 11) is 0. The molecule has 3 heteroatoms. The first-order valence-electron chi connectivity index (χ1n) is 14.1. The zero-order valence-corrected chi connectivity index (χ0v) is 25.1. The van der Waals surface area contributed by atoms with Gasteiger partial charge in [-0.25, -0.2) is 4.79 Å². The maximum absolute atomic E-state index is 11.2. The van der Waals surface area contributed by atoms with Crippen molar-refractivity contribution in [2.24, 2.45) is 0 Å². The van der Waals surface area contributed by atoms with Gasteiger partial charge in [0.15, 0.2) is 0 Å². The molecule has 0 radical (unpaired) electrons. The average Bonchev–Trinajstić information content (AvgIpc) is 2.94. The zero-order chi connectivity index (χ0) is 29.2. The van der Waals surface area contributed by atoms with Crippen molar-refractivity contribution in [2.75, 3.05) is 0 Å². The van der Waals surface area contributed by atoms with E-state index >= 15 is 0 Å². The van der Waals surface area contributed by atoms with Gasteiger partial charge >= 0.3 is 5.97 Å². The second-order valence-corrected chi connectivity index (χ2v) is 9.63. The van der Waals surface area contributed by atoms with Gasteiger partial charge in [-0.2, -0.15) is 0 Å². The van der Waals surface area contributed by atoms with Gasteiger partial charge in [0, 0.05) is 5.56 Å². The van der Waals surface area contributed by atoms with Crippen LogP contribution >= 0.6 is 0 Å². The topological polar surface area (TPSA) is 46.5 Å². The number of benzene rings is 4. The molecule has 0 fully saturated rings. The van der Waals surface area contributed by atoms with Gasteiger partial charge < -0.3 is 9.84 Å². The lowest BCUT2D eigenvalue weighted by Crippen LogP contribution is -2.29. The number of ether oxygens (including phenoxy) is 1. The summed E-state index contributed by atoms with van der Waals surface area (Å²) >= 11 is 0. The summed E-state index contributed by atoms with van der Waals surface area (Å²) in [6.45, 7) is 18.5. The second kappa shape index (κ2) is 14.3. The van der Waals surface area contributed by atoms with E-state index in [1.165, 1.54) is 23.1 Å². The van der Waals surface area contributed by atoms with Crippen LogP contribution in [0.25, 0.3) is 27.5 Å². The Morgan fingerprint density at radius 1 is 0.744 bits per heavy atom. The minimum atomic E-state index is -0.917. The zero-order valence-electron chi connectivity index (χ0n) is 25.1. The van der Waals surface area contributed by atoms with Crippen LogP contribution in [-0.2, 0) is 0 Å². The number of aromatic carboxylic acids is 1. The van der Waals surface area contributed by atoms with Crippen molar-refractivity contribution in [3.8, 4) is 16.9 Å². The van der Waals surface area contributed by atoms with Gasteiger partial charge in [-0.3, -0.25) is 0 Å². The highest BCUT2D eigenvalue weighted by Gasteiger charge is 2.27. The van der Waals surface area contributed by atoms with Crippen LogP contribution in [0.3, 0.4) is 0 Å². The van der Waals surface area contributed by atoms with Crippen molar-refractivity contribution in [1.29, 1.82) is 0 Å². The third kappa shape index (κ3) is 7.83. The van der Waals surface area contributed by atoms with E-state index in [1.54, 1.807) is 12.1 Å². The van der Waals surface area contributed by atoms with Crippen LogP contribution < -0.4 is 4.74 Å². The molecule has 0 aromatic heterocycles. The molecule has 4 aromatic rings. The van der Waals surface area contributed by atoms with Gasteiger partial charge in [-0.15, -0.1) is 0 Å². The Kier molecular flexibility index (Phi) is 11.5. The maximum Gasteiger partial charge on any atom is 0.335 e. The Morgan fingerprint density at radius 2 is 1.28 bits per heavy atom. The lowest BCUT2D eigenvalue weighted by atomic mass is 9.88. The highest BCUT2D eigenvalue weighted by molar-refractivity contribution is 5.96. The number of aryl methyl sites for hydroxylation is 1. The number of rotatable bonds is 3. The molecule has 1 heterocycles. The fraction of sp³-hybridized carbons (Fsp3) is 0.306. The first kappa shape index (κ1) is 31.4. The summed E-state index contributed by atoms with van der Waals surface area (Å²) in [5.74, 6) is -0.0285. The molecule has 0 amide bonds. The van der Waals surface area contributed by atoms with Crippen molar-refractivity contribution in [3.05, 3.63) is 107 Å². The van der Waals surface area contributed by atoms with Crippen LogP contribution in [0.2, 0.25) is 0 Å². The Bertz CT molecular complexity index is 1390. The monoisotopic (exact) mass is 524 g/mol. The normalized spacial score (nSPS) is 12.6. The van der Waals surface area contributed by atoms with E-state index in [1.807, 2.05) is 39.8 Å². The number of carboxylic acid groups (broad SMARTS) is 1. The molecule has 0 saturated heterocycles. The lowest BCUT2D eigenvalue weighted by Gasteiger charge is -2.31. The van der Waals surface area contributed by atoms with E-state index in [2.05, 4.69) is 95.3 Å². The van der Waals surface area contributed by atoms with Crippen molar-refractivity contribution in [3.63, 3.8) is 0 Å². The molecular formula is C36H44O3. The standard InChI is InChI=1S/C29H24O3.C3H8.2C2H6/c1-18-4-6-20(7-5-18)26-17-29(2,3)32-27-16-23-13-12-22(14-24(23)15-25(26)27)19-8-10-21(11-9-19)28(30)31;1-3-2;2*1-2/h4-17H,1-3H3,(H,30,31);3H2,1-2H3;2*1-2H3. The summed E-state index contributed by atoms with van der Waals surface area (Å²) in [5.41, 5.74) is 6.59. The van der Waals surface area contributed by atoms with Crippen molar-refractivity contribution >= 4 is 22.3 Å². The fourth-order valence-electron chi connectivity index (χ4n) is 4.27. The molecule has 0 bridgehead atoms. The van der Waals surface area contributed by atoms with Gasteiger partial charge in [0.1, 0.15) is 11.4 Å². The van der Waals surface area contributed by atoms with E-state index in [0.717, 1.165) is 33.2 Å². The van der Waals surface area contributed by atoms with Gasteiger partial charge in [-0.1, -0.05) is 102 Å². The molecule has 1 N–H and O–H groups in total. The molecule has 5 rings (SSSR count). The van der Waals surface area contributed by atoms with Crippen LogP contribution in [-0.4, -0.2) is 16.7 Å². The largest absolute Gasteiger partial charge is 0.483 e. The molecule has 0 unspecified atom stereocenters. The first-order chi connectivity index (χ1) is 18.7. The molecule has 3 nitrogen and oxygen atoms in total. The summed E-state index contributed by atoms with van der Waals surface area (Å²) in [6, 6.07) is 26.2. The minimum absolute atomic E-state index is 0.288.